The largest absolute Gasteiger partial charge is 0.351 e. The lowest BCUT2D eigenvalue weighted by molar-refractivity contribution is -0.126. The topological polar surface area (TPSA) is 86.8 Å². The molecule has 2 amide bonds. The Morgan fingerprint density at radius 3 is 2.58 bits per heavy atom. The summed E-state index contributed by atoms with van der Waals surface area (Å²) in [5.41, 5.74) is 0.711. The molecule has 1 N–H and O–H groups in total. The fraction of sp³-hybridized carbons (Fsp3) is 0.455. The number of thiophene rings is 1. The van der Waals surface area contributed by atoms with Gasteiger partial charge < -0.3 is 10.2 Å². The first kappa shape index (κ1) is 22.0. The van der Waals surface area contributed by atoms with Crippen molar-refractivity contribution < 1.29 is 18.0 Å². The van der Waals surface area contributed by atoms with Gasteiger partial charge in [0.05, 0.1) is 16.9 Å². The Kier molecular flexibility index (Phi) is 5.70. The molecule has 0 spiro atoms. The van der Waals surface area contributed by atoms with E-state index in [4.69, 9.17) is 0 Å². The second-order valence-corrected chi connectivity index (χ2v) is 11.6. The van der Waals surface area contributed by atoms with Crippen molar-refractivity contribution in [1.82, 2.24) is 9.62 Å². The van der Waals surface area contributed by atoms with Crippen LogP contribution in [0.25, 0.3) is 0 Å². The third-order valence-corrected chi connectivity index (χ3v) is 9.09. The average molecular weight is 462 g/mol. The molecule has 1 saturated heterocycles. The highest BCUT2D eigenvalue weighted by Crippen LogP contribution is 2.42. The van der Waals surface area contributed by atoms with Gasteiger partial charge in [-0.3, -0.25) is 9.59 Å². The number of piperidine rings is 1. The number of rotatable bonds is 5. The lowest BCUT2D eigenvalue weighted by atomic mass is 9.86. The molecular weight excluding hydrogens is 434 g/mol. The number of hydrogen-bond donors (Lipinski definition) is 1. The van der Waals surface area contributed by atoms with E-state index in [-0.39, 0.29) is 22.6 Å². The molecule has 9 heteroatoms. The highest BCUT2D eigenvalue weighted by atomic mass is 32.2. The van der Waals surface area contributed by atoms with Crippen molar-refractivity contribution in [2.24, 2.45) is 5.92 Å². The number of nitrogens with zero attached hydrogens (tertiary/aromatic N) is 2. The summed E-state index contributed by atoms with van der Waals surface area (Å²) in [6, 6.07) is 8.83. The first-order valence-corrected chi connectivity index (χ1v) is 12.7. The third-order valence-electron chi connectivity index (χ3n) is 6.32. The molecule has 0 atom stereocenters. The summed E-state index contributed by atoms with van der Waals surface area (Å²) in [6.45, 7) is 4.74. The zero-order valence-corrected chi connectivity index (χ0v) is 19.6. The molecule has 31 heavy (non-hydrogen) atoms. The van der Waals surface area contributed by atoms with Gasteiger partial charge in [0.15, 0.2) is 0 Å². The highest BCUT2D eigenvalue weighted by molar-refractivity contribution is 7.89. The Morgan fingerprint density at radius 2 is 1.94 bits per heavy atom. The minimum atomic E-state index is -3.69. The average Bonchev–Trinajstić information content (AvgIpc) is 3.34. The molecule has 0 radical (unpaired) electrons. The number of amides is 2. The van der Waals surface area contributed by atoms with E-state index >= 15 is 0 Å². The van der Waals surface area contributed by atoms with Crippen molar-refractivity contribution >= 4 is 38.9 Å². The van der Waals surface area contributed by atoms with Crippen molar-refractivity contribution in [3.8, 4) is 0 Å². The van der Waals surface area contributed by atoms with E-state index in [0.29, 0.717) is 32.5 Å². The van der Waals surface area contributed by atoms with Crippen LogP contribution in [-0.4, -0.2) is 44.7 Å². The number of nitrogens with one attached hydrogen (secondary N) is 1. The normalized spacial score (nSPS) is 19.5. The van der Waals surface area contributed by atoms with Crippen LogP contribution in [0.3, 0.4) is 0 Å². The van der Waals surface area contributed by atoms with Crippen LogP contribution >= 0.6 is 11.3 Å². The predicted molar refractivity (Wildman–Crippen MR) is 121 cm³/mol. The van der Waals surface area contributed by atoms with Crippen LogP contribution in [0.5, 0.6) is 0 Å². The standard InChI is InChI=1S/C22H27N3O4S2/c1-22(2)18-13-17(6-7-19(18)24(3)21(22)27)31(28,29)25-10-8-15(9-11-25)20(26)23-14-16-5-4-12-30-16/h4-7,12-13,15H,8-11,14H2,1-3H3,(H,23,26). The number of carbonyl (C=O) groups excluding carboxylic acids is 2. The van der Waals surface area contributed by atoms with Gasteiger partial charge in [0.1, 0.15) is 0 Å². The Hall–Kier alpha value is -2.23. The molecule has 3 heterocycles. The Bertz CT molecular complexity index is 1100. The molecule has 166 valence electrons. The number of fused-ring (bicyclic) bond motifs is 1. The first-order chi connectivity index (χ1) is 14.6. The second kappa shape index (κ2) is 8.03. The van der Waals surface area contributed by atoms with Crippen molar-refractivity contribution in [2.45, 2.75) is 43.5 Å². The Morgan fingerprint density at radius 1 is 1.23 bits per heavy atom. The molecule has 2 aromatic rings. The number of carbonyl (C=O) groups is 2. The van der Waals surface area contributed by atoms with Gasteiger partial charge in [0.25, 0.3) is 0 Å². The summed E-state index contributed by atoms with van der Waals surface area (Å²) >= 11 is 1.60. The molecular formula is C22H27N3O4S2. The molecule has 1 aromatic carbocycles. The van der Waals surface area contributed by atoms with Gasteiger partial charge >= 0.3 is 0 Å². The minimum Gasteiger partial charge on any atom is -0.351 e. The summed E-state index contributed by atoms with van der Waals surface area (Å²) < 4.78 is 27.9. The van der Waals surface area contributed by atoms with Gasteiger partial charge in [0, 0.05) is 36.6 Å². The van der Waals surface area contributed by atoms with Crippen LogP contribution in [0.4, 0.5) is 5.69 Å². The zero-order chi connectivity index (χ0) is 22.4. The molecule has 1 aromatic heterocycles. The third kappa shape index (κ3) is 3.90. The van der Waals surface area contributed by atoms with E-state index in [1.165, 1.54) is 4.31 Å². The number of likely N-dealkylation sites (N-methyl/N-ethyl adjacent to an activating group) is 1. The fourth-order valence-corrected chi connectivity index (χ4v) is 6.49. The predicted octanol–water partition coefficient (Wildman–Crippen LogP) is 2.72. The van der Waals surface area contributed by atoms with Crippen molar-refractivity contribution in [1.29, 1.82) is 0 Å². The maximum atomic E-state index is 13.2. The van der Waals surface area contributed by atoms with Crippen LogP contribution in [0.1, 0.15) is 37.1 Å². The van der Waals surface area contributed by atoms with Crippen LogP contribution in [0, 0.1) is 5.92 Å². The Balaban J connectivity index is 1.44. The first-order valence-electron chi connectivity index (χ1n) is 10.4. The quantitative estimate of drug-likeness (QED) is 0.742. The zero-order valence-electron chi connectivity index (χ0n) is 17.9. The molecule has 4 rings (SSSR count). The SMILES string of the molecule is CN1C(=O)C(C)(C)c2cc(S(=O)(=O)N3CCC(C(=O)NCc4cccs4)CC3)ccc21. The van der Waals surface area contributed by atoms with E-state index in [1.807, 2.05) is 31.4 Å². The van der Waals surface area contributed by atoms with E-state index < -0.39 is 15.4 Å². The minimum absolute atomic E-state index is 0.0220. The number of hydrogen-bond acceptors (Lipinski definition) is 5. The second-order valence-electron chi connectivity index (χ2n) is 8.64. The van der Waals surface area contributed by atoms with Crippen LogP contribution < -0.4 is 10.2 Å². The van der Waals surface area contributed by atoms with Crippen LogP contribution in [0.15, 0.2) is 40.6 Å². The molecule has 0 aliphatic carbocycles. The van der Waals surface area contributed by atoms with Crippen molar-refractivity contribution in [3.05, 3.63) is 46.2 Å². The van der Waals surface area contributed by atoms with Crippen LogP contribution in [-0.2, 0) is 31.6 Å². The van der Waals surface area contributed by atoms with Gasteiger partial charge in [-0.2, -0.15) is 4.31 Å². The highest BCUT2D eigenvalue weighted by Gasteiger charge is 2.43. The maximum absolute atomic E-state index is 13.2. The molecule has 0 bridgehead atoms. The van der Waals surface area contributed by atoms with Gasteiger partial charge in [-0.05, 0) is 61.9 Å². The van der Waals surface area contributed by atoms with Gasteiger partial charge in [0.2, 0.25) is 21.8 Å². The maximum Gasteiger partial charge on any atom is 0.243 e. The molecule has 0 unspecified atom stereocenters. The number of sulfonamides is 1. The van der Waals surface area contributed by atoms with Crippen LogP contribution in [0.2, 0.25) is 0 Å². The molecule has 1 fully saturated rings. The number of anilines is 1. The summed E-state index contributed by atoms with van der Waals surface area (Å²) in [7, 11) is -1.99. The fourth-order valence-electron chi connectivity index (χ4n) is 4.35. The molecule has 7 nitrogen and oxygen atoms in total. The molecule has 2 aliphatic heterocycles. The molecule has 2 aliphatic rings. The smallest absolute Gasteiger partial charge is 0.243 e. The van der Waals surface area contributed by atoms with Crippen molar-refractivity contribution in [2.75, 3.05) is 25.0 Å². The Labute approximate surface area is 187 Å². The van der Waals surface area contributed by atoms with E-state index in [0.717, 1.165) is 16.1 Å². The summed E-state index contributed by atoms with van der Waals surface area (Å²) in [5.74, 6) is -0.255. The van der Waals surface area contributed by atoms with E-state index in [2.05, 4.69) is 5.32 Å². The lowest BCUT2D eigenvalue weighted by Crippen LogP contribution is -2.42. The van der Waals surface area contributed by atoms with E-state index in [1.54, 1.807) is 41.5 Å². The van der Waals surface area contributed by atoms with Gasteiger partial charge in [-0.15, -0.1) is 11.3 Å². The monoisotopic (exact) mass is 461 g/mol. The molecule has 0 saturated carbocycles. The van der Waals surface area contributed by atoms with Crippen molar-refractivity contribution in [3.63, 3.8) is 0 Å². The van der Waals surface area contributed by atoms with Gasteiger partial charge in [-0.1, -0.05) is 6.07 Å². The number of benzene rings is 1. The van der Waals surface area contributed by atoms with E-state index in [9.17, 15) is 18.0 Å². The van der Waals surface area contributed by atoms with Gasteiger partial charge in [-0.25, -0.2) is 8.42 Å². The summed E-state index contributed by atoms with van der Waals surface area (Å²) in [5, 5.41) is 4.92. The summed E-state index contributed by atoms with van der Waals surface area (Å²) in [4.78, 5) is 27.8. The lowest BCUT2D eigenvalue weighted by Gasteiger charge is -2.30. The summed E-state index contributed by atoms with van der Waals surface area (Å²) in [6.07, 6.45) is 0.986.